The molecule has 0 fully saturated rings. The number of nitrogen functional groups attached to an aromatic ring is 1. The molecule has 0 saturated heterocycles. The van der Waals surface area contributed by atoms with E-state index in [0.29, 0.717) is 11.0 Å². The molecule has 4 N–H and O–H groups in total. The molecule has 8 heteroatoms. The second-order valence-corrected chi connectivity index (χ2v) is 3.84. The quantitative estimate of drug-likeness (QED) is 0.658. The van der Waals surface area contributed by atoms with Crippen LogP contribution >= 0.6 is 0 Å². The summed E-state index contributed by atoms with van der Waals surface area (Å²) in [6.45, 7) is 0. The van der Waals surface area contributed by atoms with E-state index in [9.17, 15) is 4.79 Å². The lowest BCUT2D eigenvalue weighted by molar-refractivity contribution is 0.0996. The Kier molecular flexibility index (Phi) is 2.34. The molecule has 0 atom stereocenters. The maximum absolute atomic E-state index is 11.1. The van der Waals surface area contributed by atoms with Crippen LogP contribution in [0.3, 0.4) is 0 Å². The number of nitrogens with zero attached hydrogens (tertiary/aromatic N) is 5. The van der Waals surface area contributed by atoms with Gasteiger partial charge in [-0.15, -0.1) is 10.2 Å². The van der Waals surface area contributed by atoms with Crippen LogP contribution in [0, 0.1) is 0 Å². The summed E-state index contributed by atoms with van der Waals surface area (Å²) in [5, 5.41) is 11.9. The van der Waals surface area contributed by atoms with Gasteiger partial charge in [-0.05, 0) is 12.1 Å². The van der Waals surface area contributed by atoms with Gasteiger partial charge >= 0.3 is 0 Å². The largest absolute Gasteiger partial charge is 0.395 e. The van der Waals surface area contributed by atoms with Gasteiger partial charge in [0.1, 0.15) is 5.52 Å². The number of carbonyl (C=O) groups is 1. The third-order valence-corrected chi connectivity index (χ3v) is 2.53. The van der Waals surface area contributed by atoms with Crippen molar-refractivity contribution in [1.82, 2.24) is 25.0 Å². The summed E-state index contributed by atoms with van der Waals surface area (Å²) in [5.74, 6) is -0.483. The normalized spacial score (nSPS) is 10.7. The van der Waals surface area contributed by atoms with Gasteiger partial charge in [0.15, 0.2) is 5.69 Å². The zero-order chi connectivity index (χ0) is 13.4. The van der Waals surface area contributed by atoms with E-state index in [-0.39, 0.29) is 17.3 Å². The predicted molar refractivity (Wildman–Crippen MR) is 67.4 cm³/mol. The van der Waals surface area contributed by atoms with Crippen molar-refractivity contribution in [2.45, 2.75) is 0 Å². The average Bonchev–Trinajstić information content (AvgIpc) is 2.80. The van der Waals surface area contributed by atoms with Crippen LogP contribution in [0.25, 0.3) is 17.0 Å². The van der Waals surface area contributed by atoms with Crippen molar-refractivity contribution in [2.24, 2.45) is 5.73 Å². The summed E-state index contributed by atoms with van der Waals surface area (Å²) in [5.41, 5.74) is 12.3. The molecule has 1 amide bonds. The van der Waals surface area contributed by atoms with Gasteiger partial charge in [0.25, 0.3) is 11.9 Å². The first-order chi connectivity index (χ1) is 9.15. The average molecular weight is 255 g/mol. The third kappa shape index (κ3) is 1.84. The minimum Gasteiger partial charge on any atom is -0.395 e. The summed E-state index contributed by atoms with van der Waals surface area (Å²) in [7, 11) is 0. The smallest absolute Gasteiger partial charge is 0.271 e. The molecule has 94 valence electrons. The van der Waals surface area contributed by atoms with E-state index in [4.69, 9.17) is 11.5 Å². The highest BCUT2D eigenvalue weighted by atomic mass is 16.1. The van der Waals surface area contributed by atoms with E-state index in [1.165, 1.54) is 10.9 Å². The van der Waals surface area contributed by atoms with E-state index in [1.807, 2.05) is 12.1 Å². The Hall–Kier alpha value is -3.03. The topological polar surface area (TPSA) is 126 Å². The zero-order valence-corrected chi connectivity index (χ0v) is 9.69. The number of hydrogen-bond acceptors (Lipinski definition) is 6. The summed E-state index contributed by atoms with van der Waals surface area (Å²) in [4.78, 5) is 15.4. The van der Waals surface area contributed by atoms with E-state index in [0.717, 1.165) is 0 Å². The number of rotatable bonds is 2. The first-order valence-electron chi connectivity index (χ1n) is 5.40. The molecule has 0 saturated carbocycles. The molecule has 0 bridgehead atoms. The highest BCUT2D eigenvalue weighted by Gasteiger charge is 2.14. The third-order valence-electron chi connectivity index (χ3n) is 2.53. The van der Waals surface area contributed by atoms with Crippen LogP contribution in [0.4, 0.5) is 5.69 Å². The van der Waals surface area contributed by atoms with Gasteiger partial charge < -0.3 is 11.5 Å². The second-order valence-electron chi connectivity index (χ2n) is 3.84. The van der Waals surface area contributed by atoms with Gasteiger partial charge in [-0.25, -0.2) is 9.67 Å². The summed E-state index contributed by atoms with van der Waals surface area (Å²) in [6.07, 6.45) is 1.42. The van der Waals surface area contributed by atoms with Gasteiger partial charge in [0.2, 0.25) is 0 Å². The maximum atomic E-state index is 11.1. The van der Waals surface area contributed by atoms with E-state index < -0.39 is 5.91 Å². The molecule has 0 spiro atoms. The number of aromatic nitrogens is 5. The van der Waals surface area contributed by atoms with Gasteiger partial charge in [-0.3, -0.25) is 4.79 Å². The number of para-hydroxylation sites is 1. The number of anilines is 1. The molecular weight excluding hydrogens is 246 g/mol. The SMILES string of the molecule is NC(=O)c1nn(-c2nnc3ccccc3n2)cc1N. The number of amides is 1. The van der Waals surface area contributed by atoms with Crippen molar-refractivity contribution >= 4 is 22.6 Å². The molecular formula is C11H9N7O. The fourth-order valence-corrected chi connectivity index (χ4v) is 1.65. The molecule has 0 radical (unpaired) electrons. The molecule has 2 aromatic heterocycles. The lowest BCUT2D eigenvalue weighted by Gasteiger charge is -1.99. The van der Waals surface area contributed by atoms with Crippen LogP contribution in [0.1, 0.15) is 10.5 Å². The number of hydrogen-bond donors (Lipinski definition) is 2. The Morgan fingerprint density at radius 3 is 2.58 bits per heavy atom. The highest BCUT2D eigenvalue weighted by Crippen LogP contribution is 2.13. The van der Waals surface area contributed by atoms with E-state index in [2.05, 4.69) is 20.3 Å². The minimum absolute atomic E-state index is 0.0169. The lowest BCUT2D eigenvalue weighted by atomic mass is 10.3. The van der Waals surface area contributed by atoms with Gasteiger partial charge in [0, 0.05) is 0 Å². The summed E-state index contributed by atoms with van der Waals surface area (Å²) >= 11 is 0. The van der Waals surface area contributed by atoms with Crippen molar-refractivity contribution in [3.05, 3.63) is 36.2 Å². The molecule has 8 nitrogen and oxygen atoms in total. The first-order valence-corrected chi connectivity index (χ1v) is 5.40. The van der Waals surface area contributed by atoms with Crippen LogP contribution in [-0.4, -0.2) is 30.9 Å². The molecule has 3 aromatic rings. The van der Waals surface area contributed by atoms with Crippen LogP contribution < -0.4 is 11.5 Å². The van der Waals surface area contributed by atoms with Gasteiger partial charge in [0.05, 0.1) is 17.4 Å². The molecule has 19 heavy (non-hydrogen) atoms. The first kappa shape index (κ1) is 11.1. The molecule has 3 rings (SSSR count). The Balaban J connectivity index is 2.13. The Morgan fingerprint density at radius 1 is 1.16 bits per heavy atom. The molecule has 0 aliphatic rings. The van der Waals surface area contributed by atoms with Gasteiger partial charge in [-0.2, -0.15) is 5.10 Å². The van der Waals surface area contributed by atoms with Crippen LogP contribution in [-0.2, 0) is 0 Å². The monoisotopic (exact) mass is 255 g/mol. The minimum atomic E-state index is -0.704. The van der Waals surface area contributed by atoms with Crippen molar-refractivity contribution in [1.29, 1.82) is 0 Å². The summed E-state index contributed by atoms with van der Waals surface area (Å²) in [6, 6.07) is 7.28. The Morgan fingerprint density at radius 2 is 1.89 bits per heavy atom. The zero-order valence-electron chi connectivity index (χ0n) is 9.69. The fourth-order valence-electron chi connectivity index (χ4n) is 1.65. The molecule has 2 heterocycles. The fraction of sp³-hybridized carbons (Fsp3) is 0. The number of primary amides is 1. The molecule has 1 aromatic carbocycles. The highest BCUT2D eigenvalue weighted by molar-refractivity contribution is 5.95. The van der Waals surface area contributed by atoms with Crippen molar-refractivity contribution < 1.29 is 4.79 Å². The van der Waals surface area contributed by atoms with Crippen molar-refractivity contribution in [2.75, 3.05) is 5.73 Å². The Labute approximate surface area is 107 Å². The van der Waals surface area contributed by atoms with E-state index in [1.54, 1.807) is 12.1 Å². The second kappa shape index (κ2) is 4.02. The summed E-state index contributed by atoms with van der Waals surface area (Å²) < 4.78 is 1.27. The number of nitrogens with two attached hydrogens (primary N) is 2. The predicted octanol–water partition coefficient (Wildman–Crippen LogP) is -0.108. The molecule has 0 aliphatic carbocycles. The number of benzene rings is 1. The van der Waals surface area contributed by atoms with Crippen LogP contribution in [0.2, 0.25) is 0 Å². The maximum Gasteiger partial charge on any atom is 0.271 e. The van der Waals surface area contributed by atoms with Crippen molar-refractivity contribution in [3.8, 4) is 5.95 Å². The lowest BCUT2D eigenvalue weighted by Crippen LogP contribution is -2.14. The number of fused-ring (bicyclic) bond motifs is 1. The molecule has 0 unspecified atom stereocenters. The van der Waals surface area contributed by atoms with Crippen molar-refractivity contribution in [3.63, 3.8) is 0 Å². The van der Waals surface area contributed by atoms with Crippen LogP contribution in [0.5, 0.6) is 0 Å². The van der Waals surface area contributed by atoms with Crippen LogP contribution in [0.15, 0.2) is 30.5 Å². The van der Waals surface area contributed by atoms with Gasteiger partial charge in [-0.1, -0.05) is 12.1 Å². The Bertz CT molecular complexity index is 780. The van der Waals surface area contributed by atoms with E-state index >= 15 is 0 Å². The molecule has 0 aliphatic heterocycles. The number of carbonyl (C=O) groups excluding carboxylic acids is 1. The standard InChI is InChI=1S/C11H9N7O/c12-6-5-18(17-9(6)10(13)19)11-14-7-3-1-2-4-8(7)15-16-11/h1-5H,12H2,(H2,13,19).